The van der Waals surface area contributed by atoms with E-state index in [4.69, 9.17) is 9.29 Å². The molecule has 0 aliphatic heterocycles. The summed E-state index contributed by atoms with van der Waals surface area (Å²) in [6, 6.07) is 2.50. The molecule has 1 aromatic rings. The topological polar surface area (TPSA) is 99.0 Å². The van der Waals surface area contributed by atoms with Gasteiger partial charge >= 0.3 is 51.4 Å². The van der Waals surface area contributed by atoms with Crippen LogP contribution >= 0.6 is 0 Å². The van der Waals surface area contributed by atoms with Gasteiger partial charge in [-0.3, -0.25) is 9.55 Å². The Morgan fingerprint density at radius 2 is 2.00 bits per heavy atom. The van der Waals surface area contributed by atoms with Crippen LogP contribution in [0.15, 0.2) is 22.0 Å². The fraction of sp³-hybridized carbons (Fsp3) is 0.300. The van der Waals surface area contributed by atoms with E-state index in [2.05, 4.69) is 4.99 Å². The van der Waals surface area contributed by atoms with Crippen LogP contribution in [-0.4, -0.2) is 26.0 Å². The minimum Gasteiger partial charge on any atom is -0.862 e. The zero-order valence-electron chi connectivity index (χ0n) is 10.6. The predicted molar refractivity (Wildman–Crippen MR) is 60.3 cm³/mol. The monoisotopic (exact) mass is 297 g/mol. The van der Waals surface area contributed by atoms with E-state index >= 15 is 0 Å². The second-order valence-electron chi connectivity index (χ2n) is 3.40. The van der Waals surface area contributed by atoms with Gasteiger partial charge in [-0.1, -0.05) is 0 Å². The summed E-state index contributed by atoms with van der Waals surface area (Å²) in [5, 5.41) is 10.9. The summed E-state index contributed by atoms with van der Waals surface area (Å²) in [6.45, 7) is 2.76. The summed E-state index contributed by atoms with van der Waals surface area (Å²) in [4.78, 5) is 3.41. The second-order valence-corrected chi connectivity index (χ2v) is 4.79. The average molecular weight is 297 g/mol. The van der Waals surface area contributed by atoms with Gasteiger partial charge in [0, 0.05) is 6.07 Å². The first-order valence-electron chi connectivity index (χ1n) is 4.64. The third kappa shape index (κ3) is 4.61. The summed E-state index contributed by atoms with van der Waals surface area (Å²) in [5.41, 5.74) is 0.512. The van der Waals surface area contributed by atoms with Crippen molar-refractivity contribution >= 4 is 21.7 Å². The molecule has 0 unspecified atom stereocenters. The van der Waals surface area contributed by atoms with Crippen molar-refractivity contribution in [2.24, 2.45) is 4.99 Å². The summed E-state index contributed by atoms with van der Waals surface area (Å²) in [7, 11) is -3.00. The maximum atomic E-state index is 11.1. The van der Waals surface area contributed by atoms with Crippen molar-refractivity contribution in [2.75, 3.05) is 7.11 Å². The molecule has 0 aliphatic carbocycles. The van der Waals surface area contributed by atoms with Gasteiger partial charge in [-0.2, -0.15) is 8.42 Å². The Bertz CT molecular complexity index is 564. The molecule has 0 saturated heterocycles. The van der Waals surface area contributed by atoms with Gasteiger partial charge in [0.15, 0.2) is 0 Å². The van der Waals surface area contributed by atoms with E-state index in [0.29, 0.717) is 0 Å². The van der Waals surface area contributed by atoms with E-state index in [1.165, 1.54) is 27.0 Å². The normalized spacial score (nSPS) is 11.9. The first-order chi connectivity index (χ1) is 7.75. The molecular weight excluding hydrogens is 285 g/mol. The van der Waals surface area contributed by atoms with E-state index in [0.717, 1.165) is 6.07 Å². The van der Waals surface area contributed by atoms with Crippen LogP contribution in [0.1, 0.15) is 12.5 Å². The number of rotatable bonds is 3. The van der Waals surface area contributed by atoms with E-state index in [9.17, 15) is 13.5 Å². The molecule has 94 valence electrons. The minimum atomic E-state index is -4.32. The standard InChI is InChI=1S/C10H13NO5S.K/c1-6-4-8(11-7(2)12)9(16-3)5-10(6)17(13,14)15;/h4-5H,1-3H3,(H,11,12)(H,13,14,15);/q;+1/p-1. The smallest absolute Gasteiger partial charge is 0.862 e. The van der Waals surface area contributed by atoms with Crippen molar-refractivity contribution < 1.29 is 74.2 Å². The Balaban J connectivity index is 0.00000289. The van der Waals surface area contributed by atoms with Gasteiger partial charge in [0.05, 0.1) is 7.11 Å². The largest absolute Gasteiger partial charge is 1.00 e. The molecule has 0 radical (unpaired) electrons. The SMILES string of the molecule is COc1cc(S(=O)(=O)O)c(C)cc1N=C(C)[O-].[K+]. The summed E-state index contributed by atoms with van der Waals surface area (Å²) in [5.74, 6) is -0.319. The van der Waals surface area contributed by atoms with Gasteiger partial charge in [0.2, 0.25) is 0 Å². The van der Waals surface area contributed by atoms with Gasteiger partial charge < -0.3 is 9.84 Å². The number of aryl methyl sites for hydroxylation is 1. The Morgan fingerprint density at radius 1 is 1.44 bits per heavy atom. The molecule has 0 amide bonds. The van der Waals surface area contributed by atoms with Crippen LogP contribution in [0.2, 0.25) is 0 Å². The minimum absolute atomic E-state index is 0. The number of methoxy groups -OCH3 is 1. The van der Waals surface area contributed by atoms with Crippen LogP contribution in [0.25, 0.3) is 0 Å². The van der Waals surface area contributed by atoms with Crippen molar-refractivity contribution in [3.8, 4) is 5.75 Å². The van der Waals surface area contributed by atoms with Crippen LogP contribution < -0.4 is 61.2 Å². The number of hydrogen-bond acceptors (Lipinski definition) is 5. The molecule has 1 aromatic carbocycles. The zero-order chi connectivity index (χ0) is 13.2. The van der Waals surface area contributed by atoms with Crippen LogP contribution in [0.4, 0.5) is 5.69 Å². The van der Waals surface area contributed by atoms with E-state index in [1.54, 1.807) is 0 Å². The molecule has 8 heteroatoms. The molecule has 0 saturated carbocycles. The molecule has 0 atom stereocenters. The first-order valence-corrected chi connectivity index (χ1v) is 6.08. The van der Waals surface area contributed by atoms with Gasteiger partial charge in [0.1, 0.15) is 16.3 Å². The molecule has 0 heterocycles. The number of nitrogens with zero attached hydrogens (tertiary/aromatic N) is 1. The van der Waals surface area contributed by atoms with Crippen LogP contribution in [-0.2, 0) is 10.1 Å². The molecule has 18 heavy (non-hydrogen) atoms. The van der Waals surface area contributed by atoms with Crippen molar-refractivity contribution in [1.29, 1.82) is 0 Å². The molecule has 0 bridgehead atoms. The predicted octanol–water partition coefficient (Wildman–Crippen LogP) is -2.34. The quantitative estimate of drug-likeness (QED) is 0.292. The molecule has 1 N–H and O–H groups in total. The van der Waals surface area contributed by atoms with Gasteiger partial charge in [-0.05, 0) is 31.4 Å². The fourth-order valence-corrected chi connectivity index (χ4v) is 2.07. The van der Waals surface area contributed by atoms with Gasteiger partial charge in [0.25, 0.3) is 10.1 Å². The van der Waals surface area contributed by atoms with Crippen molar-refractivity contribution in [2.45, 2.75) is 18.7 Å². The molecule has 0 spiro atoms. The molecular formula is C10H12KNO5S. The van der Waals surface area contributed by atoms with Crippen LogP contribution in [0.5, 0.6) is 5.75 Å². The molecule has 0 aliphatic rings. The molecule has 0 fully saturated rings. The zero-order valence-corrected chi connectivity index (χ0v) is 14.5. The number of ether oxygens (including phenoxy) is 1. The molecule has 6 nitrogen and oxygen atoms in total. The summed E-state index contributed by atoms with van der Waals surface area (Å²) in [6.07, 6.45) is 0. The first kappa shape index (κ1) is 18.0. The van der Waals surface area contributed by atoms with Crippen molar-refractivity contribution in [3.63, 3.8) is 0 Å². The van der Waals surface area contributed by atoms with Gasteiger partial charge in [-0.25, -0.2) is 0 Å². The Hall–Kier alpha value is 0.0364. The Labute approximate surface area is 148 Å². The van der Waals surface area contributed by atoms with Gasteiger partial charge in [-0.15, -0.1) is 0 Å². The van der Waals surface area contributed by atoms with E-state index in [-0.39, 0.29) is 73.3 Å². The fourth-order valence-electron chi connectivity index (χ4n) is 1.35. The third-order valence-electron chi connectivity index (χ3n) is 2.03. The van der Waals surface area contributed by atoms with Crippen LogP contribution in [0, 0.1) is 6.92 Å². The average Bonchev–Trinajstić information content (AvgIpc) is 2.14. The van der Waals surface area contributed by atoms with Crippen molar-refractivity contribution in [3.05, 3.63) is 17.7 Å². The maximum absolute atomic E-state index is 11.1. The summed E-state index contributed by atoms with van der Waals surface area (Å²) < 4.78 is 36.0. The summed E-state index contributed by atoms with van der Waals surface area (Å²) >= 11 is 0. The Morgan fingerprint density at radius 3 is 2.39 bits per heavy atom. The van der Waals surface area contributed by atoms with Crippen LogP contribution in [0.3, 0.4) is 0 Å². The van der Waals surface area contributed by atoms with E-state index < -0.39 is 16.0 Å². The number of benzene rings is 1. The third-order valence-corrected chi connectivity index (χ3v) is 3.03. The number of aliphatic imine (C=N–C) groups is 1. The second kappa shape index (κ2) is 6.99. The Kier molecular flexibility index (Phi) is 7.00. The maximum Gasteiger partial charge on any atom is 1.00 e. The molecule has 1 rings (SSSR count). The van der Waals surface area contributed by atoms with E-state index in [1.807, 2.05) is 0 Å². The molecule has 0 aromatic heterocycles. The van der Waals surface area contributed by atoms with Crippen molar-refractivity contribution in [1.82, 2.24) is 0 Å². The number of hydrogen-bond donors (Lipinski definition) is 1.